The minimum Gasteiger partial charge on any atom is -0.493 e. The number of methoxy groups -OCH3 is 2. The van der Waals surface area contributed by atoms with E-state index in [1.807, 2.05) is 61.7 Å². The Morgan fingerprint density at radius 1 is 0.968 bits per heavy atom. The summed E-state index contributed by atoms with van der Waals surface area (Å²) in [7, 11) is 3.16. The van der Waals surface area contributed by atoms with Crippen molar-refractivity contribution in [3.63, 3.8) is 0 Å². The Hall–Kier alpha value is -4.13. The fraction of sp³-hybridized carbons (Fsp3) is 0.125. The van der Waals surface area contributed by atoms with Crippen LogP contribution in [0.2, 0.25) is 0 Å². The molecule has 0 saturated heterocycles. The molecule has 1 amide bonds. The number of hydrogen-bond acceptors (Lipinski definition) is 5. The number of pyridine rings is 1. The van der Waals surface area contributed by atoms with Gasteiger partial charge in [-0.15, -0.1) is 0 Å². The average Bonchev–Trinajstić information content (AvgIpc) is 3.26. The summed E-state index contributed by atoms with van der Waals surface area (Å²) in [6.07, 6.45) is 3.53. The number of aryl methyl sites for hydroxylation is 1. The molecule has 4 rings (SSSR count). The molecule has 0 aliphatic rings. The highest BCUT2D eigenvalue weighted by molar-refractivity contribution is 6.07. The predicted octanol–water partition coefficient (Wildman–Crippen LogP) is 4.51. The number of carbonyl (C=O) groups is 1. The number of nitrogens with zero attached hydrogens (tertiary/aromatic N) is 3. The van der Waals surface area contributed by atoms with E-state index in [0.29, 0.717) is 22.9 Å². The first-order valence-electron chi connectivity index (χ1n) is 9.70. The van der Waals surface area contributed by atoms with E-state index in [9.17, 15) is 4.79 Å². The number of benzene rings is 2. The zero-order valence-corrected chi connectivity index (χ0v) is 17.5. The van der Waals surface area contributed by atoms with Gasteiger partial charge in [-0.1, -0.05) is 30.3 Å². The zero-order chi connectivity index (χ0) is 21.8. The summed E-state index contributed by atoms with van der Waals surface area (Å²) in [5, 5.41) is 7.40. The number of aromatic nitrogens is 3. The van der Waals surface area contributed by atoms with Crippen LogP contribution in [-0.2, 0) is 0 Å². The summed E-state index contributed by atoms with van der Waals surface area (Å²) in [4.78, 5) is 17.4. The molecule has 0 aliphatic heterocycles. The van der Waals surface area contributed by atoms with Gasteiger partial charge in [0.25, 0.3) is 5.91 Å². The first kappa shape index (κ1) is 20.2. The molecule has 2 aromatic heterocycles. The summed E-state index contributed by atoms with van der Waals surface area (Å²) < 4.78 is 12.5. The topological polar surface area (TPSA) is 78.3 Å². The minimum atomic E-state index is -0.351. The predicted molar refractivity (Wildman–Crippen MR) is 119 cm³/mol. The van der Waals surface area contributed by atoms with Crippen molar-refractivity contribution in [3.8, 4) is 28.3 Å². The Balaban J connectivity index is 1.78. The second kappa shape index (κ2) is 8.71. The fourth-order valence-electron chi connectivity index (χ4n) is 3.19. The van der Waals surface area contributed by atoms with Crippen LogP contribution in [0.3, 0.4) is 0 Å². The molecule has 0 radical (unpaired) electrons. The van der Waals surface area contributed by atoms with Crippen molar-refractivity contribution >= 4 is 11.7 Å². The van der Waals surface area contributed by atoms with Gasteiger partial charge in [0.2, 0.25) is 0 Å². The molecule has 156 valence electrons. The first-order chi connectivity index (χ1) is 15.1. The Bertz CT molecular complexity index is 1200. The number of hydrogen-bond donors (Lipinski definition) is 1. The first-order valence-corrected chi connectivity index (χ1v) is 9.70. The summed E-state index contributed by atoms with van der Waals surface area (Å²) in [6, 6.07) is 18.8. The number of rotatable bonds is 6. The standard InChI is InChI=1S/C24H22N4O3/c1-16-9-12-22(25-14-16)26-24(29)23-19(15-28(27-23)18-7-5-4-6-8-18)17-10-11-20(30-2)21(13-17)31-3/h4-15H,1-3H3,(H,25,26,29). The van der Waals surface area contributed by atoms with Crippen LogP contribution in [0.25, 0.3) is 16.8 Å². The lowest BCUT2D eigenvalue weighted by Gasteiger charge is -2.09. The molecule has 0 unspecified atom stereocenters. The Labute approximate surface area is 180 Å². The summed E-state index contributed by atoms with van der Waals surface area (Å²) in [5.41, 5.74) is 3.57. The summed E-state index contributed by atoms with van der Waals surface area (Å²) in [5.74, 6) is 1.29. The van der Waals surface area contributed by atoms with Crippen LogP contribution in [0.1, 0.15) is 16.1 Å². The molecule has 2 heterocycles. The van der Waals surface area contributed by atoms with Crippen molar-refractivity contribution in [3.05, 3.63) is 84.3 Å². The largest absolute Gasteiger partial charge is 0.493 e. The third-order valence-electron chi connectivity index (χ3n) is 4.80. The van der Waals surface area contributed by atoms with Crippen LogP contribution in [0, 0.1) is 6.92 Å². The van der Waals surface area contributed by atoms with Crippen molar-refractivity contribution in [1.29, 1.82) is 0 Å². The molecule has 0 aliphatic carbocycles. The summed E-state index contributed by atoms with van der Waals surface area (Å²) >= 11 is 0. The van der Waals surface area contributed by atoms with E-state index >= 15 is 0 Å². The molecule has 4 aromatic rings. The molecule has 1 N–H and O–H groups in total. The van der Waals surface area contributed by atoms with Crippen LogP contribution in [-0.4, -0.2) is 34.9 Å². The van der Waals surface area contributed by atoms with Gasteiger partial charge in [0.1, 0.15) is 5.82 Å². The van der Waals surface area contributed by atoms with Gasteiger partial charge in [-0.05, 0) is 48.4 Å². The van der Waals surface area contributed by atoms with Gasteiger partial charge in [0, 0.05) is 18.0 Å². The zero-order valence-electron chi connectivity index (χ0n) is 17.5. The number of ether oxygens (including phenoxy) is 2. The molecule has 0 spiro atoms. The Morgan fingerprint density at radius 3 is 2.42 bits per heavy atom. The maximum Gasteiger partial charge on any atom is 0.277 e. The van der Waals surface area contributed by atoms with Crippen LogP contribution < -0.4 is 14.8 Å². The third kappa shape index (κ3) is 4.25. The van der Waals surface area contributed by atoms with Crippen molar-refractivity contribution in [2.24, 2.45) is 0 Å². The monoisotopic (exact) mass is 414 g/mol. The van der Waals surface area contributed by atoms with Crippen LogP contribution >= 0.6 is 0 Å². The van der Waals surface area contributed by atoms with E-state index in [2.05, 4.69) is 15.4 Å². The lowest BCUT2D eigenvalue weighted by molar-refractivity contribution is 0.102. The van der Waals surface area contributed by atoms with Crippen molar-refractivity contribution < 1.29 is 14.3 Å². The molecule has 2 aromatic carbocycles. The number of para-hydroxylation sites is 1. The quantitative estimate of drug-likeness (QED) is 0.502. The molecule has 7 nitrogen and oxygen atoms in total. The smallest absolute Gasteiger partial charge is 0.277 e. The van der Waals surface area contributed by atoms with E-state index in [0.717, 1.165) is 16.8 Å². The fourth-order valence-corrected chi connectivity index (χ4v) is 3.19. The van der Waals surface area contributed by atoms with E-state index in [-0.39, 0.29) is 11.6 Å². The molecule has 0 atom stereocenters. The molecule has 0 fully saturated rings. The number of amides is 1. The third-order valence-corrected chi connectivity index (χ3v) is 4.80. The van der Waals surface area contributed by atoms with Crippen molar-refractivity contribution in [2.45, 2.75) is 6.92 Å². The van der Waals surface area contributed by atoms with Crippen LogP contribution in [0.4, 0.5) is 5.82 Å². The lowest BCUT2D eigenvalue weighted by atomic mass is 10.1. The maximum atomic E-state index is 13.1. The van der Waals surface area contributed by atoms with Crippen molar-refractivity contribution in [2.75, 3.05) is 19.5 Å². The van der Waals surface area contributed by atoms with E-state index in [1.165, 1.54) is 0 Å². The lowest BCUT2D eigenvalue weighted by Crippen LogP contribution is -2.15. The van der Waals surface area contributed by atoms with Gasteiger partial charge in [-0.25, -0.2) is 9.67 Å². The molecule has 7 heteroatoms. The van der Waals surface area contributed by atoms with Gasteiger partial charge >= 0.3 is 0 Å². The molecule has 31 heavy (non-hydrogen) atoms. The number of anilines is 1. The highest BCUT2D eigenvalue weighted by atomic mass is 16.5. The molecule has 0 saturated carbocycles. The second-order valence-electron chi connectivity index (χ2n) is 6.92. The van der Waals surface area contributed by atoms with Gasteiger partial charge in [0.15, 0.2) is 17.2 Å². The highest BCUT2D eigenvalue weighted by Gasteiger charge is 2.20. The van der Waals surface area contributed by atoms with E-state index in [1.54, 1.807) is 37.2 Å². The number of nitrogens with one attached hydrogen (secondary N) is 1. The van der Waals surface area contributed by atoms with E-state index in [4.69, 9.17) is 9.47 Å². The average molecular weight is 414 g/mol. The van der Waals surface area contributed by atoms with Gasteiger partial charge < -0.3 is 14.8 Å². The molecule has 0 bridgehead atoms. The molecular weight excluding hydrogens is 392 g/mol. The van der Waals surface area contributed by atoms with E-state index < -0.39 is 0 Å². The maximum absolute atomic E-state index is 13.1. The minimum absolute atomic E-state index is 0.276. The highest BCUT2D eigenvalue weighted by Crippen LogP contribution is 2.34. The Kier molecular flexibility index (Phi) is 5.66. The van der Waals surface area contributed by atoms with Gasteiger partial charge in [-0.3, -0.25) is 4.79 Å². The molecular formula is C24H22N4O3. The Morgan fingerprint density at radius 2 is 1.74 bits per heavy atom. The summed E-state index contributed by atoms with van der Waals surface area (Å²) in [6.45, 7) is 1.94. The van der Waals surface area contributed by atoms with Gasteiger partial charge in [-0.2, -0.15) is 5.10 Å². The van der Waals surface area contributed by atoms with Crippen molar-refractivity contribution in [1.82, 2.24) is 14.8 Å². The normalized spacial score (nSPS) is 10.5. The van der Waals surface area contributed by atoms with Gasteiger partial charge in [0.05, 0.1) is 19.9 Å². The van der Waals surface area contributed by atoms with Crippen LogP contribution in [0.5, 0.6) is 11.5 Å². The number of carbonyl (C=O) groups excluding carboxylic acids is 1. The van der Waals surface area contributed by atoms with Crippen LogP contribution in [0.15, 0.2) is 73.1 Å². The second-order valence-corrected chi connectivity index (χ2v) is 6.92. The SMILES string of the molecule is COc1ccc(-c2cn(-c3ccccc3)nc2C(=O)Nc2ccc(C)cn2)cc1OC.